The first-order chi connectivity index (χ1) is 9.12. The fraction of sp³-hybridized carbons (Fsp3) is 0.636. The zero-order valence-electron chi connectivity index (χ0n) is 10.8. The second-order valence-electron chi connectivity index (χ2n) is 5.03. The van der Waals surface area contributed by atoms with Gasteiger partial charge in [0.05, 0.1) is 12.8 Å². The highest BCUT2D eigenvalue weighted by molar-refractivity contribution is 5.09. The largest absolute Gasteiger partial charge is 0.394 e. The first kappa shape index (κ1) is 14.8. The smallest absolute Gasteiger partial charge is 0.330 e. The van der Waals surface area contributed by atoms with Crippen molar-refractivity contribution in [3.8, 4) is 0 Å². The van der Waals surface area contributed by atoms with Crippen molar-refractivity contribution in [2.24, 2.45) is 0 Å². The van der Waals surface area contributed by atoms with Crippen LogP contribution in [0.25, 0.3) is 0 Å². The number of hydrogen-bond acceptors (Lipinski definition) is 5. The van der Waals surface area contributed by atoms with Gasteiger partial charge in [0.1, 0.15) is 11.7 Å². The molecule has 9 heteroatoms. The highest BCUT2D eigenvalue weighted by atomic mass is 19.1. The van der Waals surface area contributed by atoms with E-state index in [2.05, 4.69) is 0 Å². The molecular formula is C11H14F2N2O5. The van der Waals surface area contributed by atoms with Crippen molar-refractivity contribution in [3.63, 3.8) is 0 Å². The van der Waals surface area contributed by atoms with Gasteiger partial charge in [-0.1, -0.05) is 0 Å². The molecule has 4 atom stereocenters. The fourth-order valence-electron chi connectivity index (χ4n) is 2.16. The van der Waals surface area contributed by atoms with Crippen molar-refractivity contribution in [3.05, 3.63) is 32.9 Å². The number of rotatable bonds is 2. The van der Waals surface area contributed by atoms with Gasteiger partial charge < -0.3 is 14.9 Å². The van der Waals surface area contributed by atoms with Crippen LogP contribution in [0, 0.1) is 5.82 Å². The Labute approximate surface area is 111 Å². The van der Waals surface area contributed by atoms with E-state index >= 15 is 0 Å². The SMILES string of the molecule is C[C@]1(F)[C@H](n2cc(F)c(=O)[nH]c2=O)O[C@H](CO)[C@@]1(C)O. The van der Waals surface area contributed by atoms with Crippen molar-refractivity contribution in [2.45, 2.75) is 37.4 Å². The molecule has 0 radical (unpaired) electrons. The Kier molecular flexibility index (Phi) is 3.31. The molecule has 20 heavy (non-hydrogen) atoms. The molecule has 0 unspecified atom stereocenters. The summed E-state index contributed by atoms with van der Waals surface area (Å²) in [5.41, 5.74) is -6.91. The minimum atomic E-state index is -2.49. The third kappa shape index (κ3) is 1.89. The van der Waals surface area contributed by atoms with Gasteiger partial charge in [-0.15, -0.1) is 0 Å². The first-order valence-electron chi connectivity index (χ1n) is 5.81. The minimum absolute atomic E-state index is 0.500. The second kappa shape index (κ2) is 4.47. The summed E-state index contributed by atoms with van der Waals surface area (Å²) in [6.45, 7) is 1.37. The summed E-state index contributed by atoms with van der Waals surface area (Å²) in [6.07, 6.45) is -2.49. The fourth-order valence-corrected chi connectivity index (χ4v) is 2.16. The molecule has 1 aromatic heterocycles. The van der Waals surface area contributed by atoms with Gasteiger partial charge in [0.2, 0.25) is 5.82 Å². The van der Waals surface area contributed by atoms with E-state index in [1.54, 1.807) is 4.98 Å². The molecule has 112 valence electrons. The Morgan fingerprint density at radius 3 is 2.60 bits per heavy atom. The number of H-pyrrole nitrogens is 1. The molecule has 0 aromatic carbocycles. The number of nitrogens with zero attached hydrogens (tertiary/aromatic N) is 1. The number of hydrogen-bond donors (Lipinski definition) is 3. The highest BCUT2D eigenvalue weighted by Gasteiger charge is 2.63. The molecule has 1 aliphatic heterocycles. The normalized spacial score (nSPS) is 37.3. The van der Waals surface area contributed by atoms with Gasteiger partial charge >= 0.3 is 5.69 Å². The van der Waals surface area contributed by atoms with Gasteiger partial charge in [-0.25, -0.2) is 9.18 Å². The van der Waals surface area contributed by atoms with E-state index in [0.29, 0.717) is 10.8 Å². The summed E-state index contributed by atoms with van der Waals surface area (Å²) < 4.78 is 33.6. The van der Waals surface area contributed by atoms with E-state index in [4.69, 9.17) is 9.84 Å². The molecular weight excluding hydrogens is 278 g/mol. The Morgan fingerprint density at radius 2 is 2.10 bits per heavy atom. The predicted octanol–water partition coefficient (Wildman–Crippen LogP) is -0.955. The molecule has 0 aliphatic carbocycles. The van der Waals surface area contributed by atoms with Crippen LogP contribution in [-0.4, -0.2) is 43.7 Å². The maximum absolute atomic E-state index is 14.7. The van der Waals surface area contributed by atoms with Gasteiger partial charge in [-0.2, -0.15) is 4.39 Å². The van der Waals surface area contributed by atoms with E-state index < -0.39 is 47.3 Å². The zero-order chi connectivity index (χ0) is 15.3. The predicted molar refractivity (Wildman–Crippen MR) is 62.4 cm³/mol. The number of nitrogens with one attached hydrogen (secondary N) is 1. The van der Waals surface area contributed by atoms with E-state index in [9.17, 15) is 23.5 Å². The van der Waals surface area contributed by atoms with E-state index in [-0.39, 0.29) is 0 Å². The standard InChI is InChI=1S/C11H14F2N2O5/c1-10(13)8(20-6(4-16)11(10,2)19)15-3-5(12)7(17)14-9(15)18/h3,6,8,16,19H,4H2,1-2H3,(H,14,17,18)/t6-,8-,10+,11-/m1/s1. The van der Waals surface area contributed by atoms with Crippen LogP contribution >= 0.6 is 0 Å². The lowest BCUT2D eigenvalue weighted by Gasteiger charge is -2.32. The monoisotopic (exact) mass is 292 g/mol. The Hall–Kier alpha value is -1.58. The highest BCUT2D eigenvalue weighted by Crippen LogP contribution is 2.47. The maximum atomic E-state index is 14.7. The summed E-state index contributed by atoms with van der Waals surface area (Å²) in [5.74, 6) is -1.30. The molecule has 0 spiro atoms. The van der Waals surface area contributed by atoms with E-state index in [1.807, 2.05) is 0 Å². The second-order valence-corrected chi connectivity index (χ2v) is 5.03. The Bertz CT molecular complexity index is 636. The van der Waals surface area contributed by atoms with Crippen molar-refractivity contribution in [2.75, 3.05) is 6.61 Å². The summed E-state index contributed by atoms with van der Waals surface area (Å²) in [5, 5.41) is 19.2. The summed E-state index contributed by atoms with van der Waals surface area (Å²) in [4.78, 5) is 24.2. The topological polar surface area (TPSA) is 105 Å². The molecule has 1 aliphatic rings. The molecule has 1 saturated heterocycles. The number of aromatic nitrogens is 2. The van der Waals surface area contributed by atoms with Gasteiger partial charge in [0.15, 0.2) is 11.9 Å². The third-order valence-electron chi connectivity index (χ3n) is 3.72. The van der Waals surface area contributed by atoms with Crippen molar-refractivity contribution >= 4 is 0 Å². The summed E-state index contributed by atoms with van der Waals surface area (Å²) >= 11 is 0. The van der Waals surface area contributed by atoms with Crippen LogP contribution in [-0.2, 0) is 4.74 Å². The molecule has 0 saturated carbocycles. The lowest BCUT2D eigenvalue weighted by Crippen LogP contribution is -2.52. The van der Waals surface area contributed by atoms with Crippen LogP contribution in [0.15, 0.2) is 15.8 Å². The van der Waals surface area contributed by atoms with Crippen LogP contribution in [0.1, 0.15) is 20.1 Å². The number of ether oxygens (including phenoxy) is 1. The number of aliphatic hydroxyl groups excluding tert-OH is 1. The zero-order valence-corrected chi connectivity index (χ0v) is 10.8. The number of aliphatic hydroxyl groups is 2. The summed E-state index contributed by atoms with van der Waals surface area (Å²) in [7, 11) is 0. The molecule has 2 heterocycles. The summed E-state index contributed by atoms with van der Waals surface area (Å²) in [6, 6.07) is 0. The van der Waals surface area contributed by atoms with Crippen LogP contribution in [0.5, 0.6) is 0 Å². The average Bonchev–Trinajstić information content (AvgIpc) is 2.52. The van der Waals surface area contributed by atoms with Gasteiger partial charge in [0, 0.05) is 0 Å². The van der Waals surface area contributed by atoms with E-state index in [0.717, 1.165) is 13.8 Å². The van der Waals surface area contributed by atoms with Crippen LogP contribution in [0.2, 0.25) is 0 Å². The Balaban J connectivity index is 2.57. The van der Waals surface area contributed by atoms with E-state index in [1.165, 1.54) is 0 Å². The Morgan fingerprint density at radius 1 is 1.50 bits per heavy atom. The van der Waals surface area contributed by atoms with Crippen molar-refractivity contribution in [1.82, 2.24) is 9.55 Å². The van der Waals surface area contributed by atoms with Crippen molar-refractivity contribution < 1.29 is 23.7 Å². The van der Waals surface area contributed by atoms with Crippen LogP contribution in [0.3, 0.4) is 0 Å². The van der Waals surface area contributed by atoms with Crippen LogP contribution in [0.4, 0.5) is 8.78 Å². The van der Waals surface area contributed by atoms with Crippen LogP contribution < -0.4 is 11.2 Å². The molecule has 0 amide bonds. The van der Waals surface area contributed by atoms with Gasteiger partial charge in [-0.3, -0.25) is 14.3 Å². The molecule has 1 aromatic rings. The molecule has 7 nitrogen and oxygen atoms in total. The van der Waals surface area contributed by atoms with Gasteiger partial charge in [0.25, 0.3) is 5.56 Å². The third-order valence-corrected chi connectivity index (χ3v) is 3.72. The quantitative estimate of drug-likeness (QED) is 0.651. The minimum Gasteiger partial charge on any atom is -0.394 e. The number of alkyl halides is 1. The van der Waals surface area contributed by atoms with Gasteiger partial charge in [-0.05, 0) is 13.8 Å². The first-order valence-corrected chi connectivity index (χ1v) is 5.81. The molecule has 3 N–H and O–H groups in total. The number of halogens is 2. The lowest BCUT2D eigenvalue weighted by atomic mass is 9.85. The molecule has 1 fully saturated rings. The average molecular weight is 292 g/mol. The lowest BCUT2D eigenvalue weighted by molar-refractivity contribution is -0.0892. The van der Waals surface area contributed by atoms with Crippen molar-refractivity contribution in [1.29, 1.82) is 0 Å². The maximum Gasteiger partial charge on any atom is 0.330 e. The molecule has 0 bridgehead atoms. The molecule has 2 rings (SSSR count). The number of aromatic amines is 1.